The van der Waals surface area contributed by atoms with E-state index in [0.717, 1.165) is 57.4 Å². The van der Waals surface area contributed by atoms with Gasteiger partial charge < -0.3 is 18.9 Å². The van der Waals surface area contributed by atoms with Gasteiger partial charge in [-0.05, 0) is 137 Å². The third-order valence-electron chi connectivity index (χ3n) is 15.0. The number of aromatic nitrogens is 2. The van der Waals surface area contributed by atoms with Crippen LogP contribution in [0.4, 0.5) is 34.1 Å². The van der Waals surface area contributed by atoms with Crippen LogP contribution in [0.15, 0.2) is 267 Å². The molecule has 11 aromatic carbocycles. The van der Waals surface area contributed by atoms with Gasteiger partial charge in [0.05, 0.1) is 33.4 Å². The second-order valence-electron chi connectivity index (χ2n) is 19.4. The Morgan fingerprint density at radius 1 is 0.356 bits per heavy atom. The van der Waals surface area contributed by atoms with Crippen molar-refractivity contribution in [1.29, 1.82) is 0 Å². The van der Waals surface area contributed by atoms with Crippen LogP contribution in [0.2, 0.25) is 0 Å². The second kappa shape index (κ2) is 17.5. The molecular weight excluding hydrogens is 885 g/mol. The molecule has 0 bridgehead atoms. The third-order valence-corrected chi connectivity index (χ3v) is 15.0. The molecule has 0 fully saturated rings. The molecule has 0 N–H and O–H groups in total. The second-order valence-corrected chi connectivity index (χ2v) is 19.4. The van der Waals surface area contributed by atoms with Gasteiger partial charge in [-0.25, -0.2) is 0 Å². The van der Waals surface area contributed by atoms with Gasteiger partial charge in [0.25, 0.3) is 0 Å². The lowest BCUT2D eigenvalue weighted by Crippen LogP contribution is -2.11. The number of anilines is 6. The molecular formula is C69H50N4. The maximum Gasteiger partial charge on any atom is 0.0542 e. The summed E-state index contributed by atoms with van der Waals surface area (Å²) in [6, 6.07) is 91.0. The first-order valence-corrected chi connectivity index (χ1v) is 25.4. The lowest BCUT2D eigenvalue weighted by molar-refractivity contribution is 0.735. The van der Waals surface area contributed by atoms with Gasteiger partial charge >= 0.3 is 0 Å². The van der Waals surface area contributed by atoms with Gasteiger partial charge in [0.1, 0.15) is 0 Å². The first-order chi connectivity index (χ1) is 36.1. The van der Waals surface area contributed by atoms with Crippen LogP contribution in [0.1, 0.15) is 13.3 Å². The van der Waals surface area contributed by atoms with Crippen molar-refractivity contribution in [3.8, 4) is 16.8 Å². The van der Waals surface area contributed by atoms with Crippen molar-refractivity contribution in [2.75, 3.05) is 9.80 Å². The summed E-state index contributed by atoms with van der Waals surface area (Å²) in [7, 11) is 0. The van der Waals surface area contributed by atoms with Crippen LogP contribution in [0.25, 0.3) is 87.7 Å². The van der Waals surface area contributed by atoms with Crippen LogP contribution in [-0.4, -0.2) is 9.13 Å². The zero-order valence-electron chi connectivity index (χ0n) is 40.5. The Balaban J connectivity index is 0.865. The maximum absolute atomic E-state index is 2.44. The first kappa shape index (κ1) is 42.5. The van der Waals surface area contributed by atoms with Crippen LogP contribution in [0.5, 0.6) is 0 Å². The Morgan fingerprint density at radius 3 is 1.30 bits per heavy atom. The topological polar surface area (TPSA) is 16.3 Å². The Morgan fingerprint density at radius 2 is 0.781 bits per heavy atom. The van der Waals surface area contributed by atoms with Gasteiger partial charge in [-0.2, -0.15) is 0 Å². The highest BCUT2D eigenvalue weighted by Gasteiger charge is 2.22. The highest BCUT2D eigenvalue weighted by atomic mass is 15.2. The molecule has 0 aliphatic heterocycles. The predicted octanol–water partition coefficient (Wildman–Crippen LogP) is 19.2. The Hall–Kier alpha value is -9.38. The number of allylic oxidation sites excluding steroid dienone is 4. The lowest BCUT2D eigenvalue weighted by atomic mass is 10.0. The van der Waals surface area contributed by atoms with E-state index in [4.69, 9.17) is 0 Å². The van der Waals surface area contributed by atoms with Crippen LogP contribution >= 0.6 is 0 Å². The van der Waals surface area contributed by atoms with Gasteiger partial charge in [0, 0.05) is 66.5 Å². The summed E-state index contributed by atoms with van der Waals surface area (Å²) in [5.41, 5.74) is 16.2. The van der Waals surface area contributed by atoms with Crippen LogP contribution in [0, 0.1) is 5.92 Å². The van der Waals surface area contributed by atoms with Crippen molar-refractivity contribution in [2.45, 2.75) is 13.3 Å². The fraction of sp³-hybridized carbons (Fsp3) is 0.0435. The van der Waals surface area contributed by atoms with E-state index in [1.165, 1.54) is 70.9 Å². The zero-order chi connectivity index (χ0) is 48.4. The highest BCUT2D eigenvalue weighted by Crippen LogP contribution is 2.45. The molecule has 2 aromatic heterocycles. The third kappa shape index (κ3) is 7.21. The van der Waals surface area contributed by atoms with Gasteiger partial charge in [0.2, 0.25) is 0 Å². The molecule has 0 amide bonds. The minimum Gasteiger partial charge on any atom is -0.310 e. The Labute approximate surface area is 424 Å². The van der Waals surface area contributed by atoms with Gasteiger partial charge in [-0.15, -0.1) is 0 Å². The van der Waals surface area contributed by atoms with E-state index in [0.29, 0.717) is 5.92 Å². The van der Waals surface area contributed by atoms with E-state index < -0.39 is 0 Å². The number of benzene rings is 11. The molecule has 1 aliphatic rings. The van der Waals surface area contributed by atoms with Crippen molar-refractivity contribution >= 4 is 105 Å². The van der Waals surface area contributed by atoms with Gasteiger partial charge in [-0.1, -0.05) is 171 Å². The highest BCUT2D eigenvalue weighted by molar-refractivity contribution is 6.13. The molecule has 1 aliphatic carbocycles. The van der Waals surface area contributed by atoms with Gasteiger partial charge in [-0.3, -0.25) is 0 Å². The molecule has 13 aromatic rings. The average molecular weight is 935 g/mol. The quantitative estimate of drug-likeness (QED) is 0.143. The maximum atomic E-state index is 2.44. The molecule has 0 radical (unpaired) electrons. The van der Waals surface area contributed by atoms with Crippen LogP contribution < -0.4 is 9.80 Å². The van der Waals surface area contributed by atoms with Crippen molar-refractivity contribution < 1.29 is 0 Å². The van der Waals surface area contributed by atoms with Crippen molar-refractivity contribution in [3.05, 3.63) is 267 Å². The van der Waals surface area contributed by atoms with E-state index in [1.807, 2.05) is 0 Å². The molecule has 73 heavy (non-hydrogen) atoms. The summed E-state index contributed by atoms with van der Waals surface area (Å²) < 4.78 is 4.81. The standard InChI is InChI=1S/C69H50N4/c1-47-29-35-55(36-30-47)73-67-26-12-10-24-61(67)63-46-57(42-44-69(63)73)71(65-28-14-18-51-16-6-8-22-59(51)65)54-39-33-49(34-40-54)48-31-37-53(38-32-48)70(64-27-13-17-50-15-5-7-21-58(50)64)56-41-43-68-62(45-56)60-23-9-11-25-66(60)72(68)52-19-3-2-4-20-52/h2-29,31-47H,30H2,1H3. The zero-order valence-corrected chi connectivity index (χ0v) is 40.5. The van der Waals surface area contributed by atoms with E-state index in [1.54, 1.807) is 0 Å². The molecule has 4 heteroatoms. The normalized spacial score (nSPS) is 13.7. The molecule has 14 rings (SSSR count). The molecule has 1 unspecified atom stereocenters. The Kier molecular flexibility index (Phi) is 10.2. The first-order valence-electron chi connectivity index (χ1n) is 25.4. The van der Waals surface area contributed by atoms with Crippen LogP contribution in [0.3, 0.4) is 0 Å². The van der Waals surface area contributed by atoms with E-state index in [9.17, 15) is 0 Å². The smallest absolute Gasteiger partial charge is 0.0542 e. The SMILES string of the molecule is CC1C=CC(n2c3ccccc3c3cc(N(c4ccc(-c5ccc(N(c6ccc7c(c6)c6ccccc6n7-c6ccccc6)c6cccc7ccccc67)cc5)cc4)c4cccc5ccccc45)ccc32)=CC1. The summed E-state index contributed by atoms with van der Waals surface area (Å²) in [5, 5.41) is 9.75. The minimum absolute atomic E-state index is 0.544. The van der Waals surface area contributed by atoms with E-state index >= 15 is 0 Å². The summed E-state index contributed by atoms with van der Waals surface area (Å²) in [5.74, 6) is 0.544. The predicted molar refractivity (Wildman–Crippen MR) is 311 cm³/mol. The lowest BCUT2D eigenvalue weighted by Gasteiger charge is -2.28. The largest absolute Gasteiger partial charge is 0.310 e. The fourth-order valence-corrected chi connectivity index (χ4v) is 11.5. The molecule has 4 nitrogen and oxygen atoms in total. The van der Waals surface area contributed by atoms with Crippen molar-refractivity contribution in [2.24, 2.45) is 5.92 Å². The molecule has 0 spiro atoms. The molecule has 346 valence electrons. The summed E-state index contributed by atoms with van der Waals surface area (Å²) >= 11 is 0. The monoisotopic (exact) mass is 934 g/mol. The number of hydrogen-bond acceptors (Lipinski definition) is 2. The van der Waals surface area contributed by atoms with E-state index in [-0.39, 0.29) is 0 Å². The summed E-state index contributed by atoms with van der Waals surface area (Å²) in [4.78, 5) is 4.85. The number of nitrogens with zero attached hydrogens (tertiary/aromatic N) is 4. The molecule has 0 saturated heterocycles. The average Bonchev–Trinajstić information content (AvgIpc) is 3.97. The number of rotatable bonds is 9. The van der Waals surface area contributed by atoms with Crippen LogP contribution in [-0.2, 0) is 0 Å². The molecule has 2 heterocycles. The Bertz CT molecular complexity index is 4300. The van der Waals surface area contributed by atoms with Gasteiger partial charge in [0.15, 0.2) is 0 Å². The van der Waals surface area contributed by atoms with E-state index in [2.05, 4.69) is 293 Å². The number of fused-ring (bicyclic) bond motifs is 8. The number of hydrogen-bond donors (Lipinski definition) is 0. The van der Waals surface area contributed by atoms with Crippen molar-refractivity contribution in [3.63, 3.8) is 0 Å². The summed E-state index contributed by atoms with van der Waals surface area (Å²) in [6.45, 7) is 2.28. The minimum atomic E-state index is 0.544. The number of para-hydroxylation sites is 3. The summed E-state index contributed by atoms with van der Waals surface area (Å²) in [6.07, 6.45) is 8.05. The molecule has 0 saturated carbocycles. The fourth-order valence-electron chi connectivity index (χ4n) is 11.5. The molecule has 1 atom stereocenters. The van der Waals surface area contributed by atoms with Crippen molar-refractivity contribution in [1.82, 2.24) is 9.13 Å².